The molecule has 1 aliphatic rings. The Labute approximate surface area is 261 Å². The average Bonchev–Trinajstić information content (AvgIpc) is 3.01. The number of anilines is 2. The maximum Gasteiger partial charge on any atom is 0.404 e. The number of carbonyl (C=O) groups is 1. The molecule has 16 heteroatoms. The molecule has 5 rings (SSSR count). The molecular weight excluding hydrogens is 632 g/mol. The number of hydrogen-bond acceptors (Lipinski definition) is 9. The molecule has 2 aromatic carbocycles. The fourth-order valence-electron chi connectivity index (χ4n) is 5.21. The number of fused-ring (bicyclic) bond motifs is 1. The summed E-state index contributed by atoms with van der Waals surface area (Å²) in [5, 5.41) is 3.67. The van der Waals surface area contributed by atoms with Gasteiger partial charge in [-0.15, -0.1) is 0 Å². The minimum atomic E-state index is -4.70. The van der Waals surface area contributed by atoms with E-state index in [0.29, 0.717) is 48.3 Å². The number of sulfonamides is 1. The Morgan fingerprint density at radius 1 is 1.02 bits per heavy atom. The van der Waals surface area contributed by atoms with E-state index < -0.39 is 46.0 Å². The Hall–Kier alpha value is -4.73. The van der Waals surface area contributed by atoms with Gasteiger partial charge in [0.25, 0.3) is 0 Å². The van der Waals surface area contributed by atoms with Gasteiger partial charge >= 0.3 is 12.3 Å². The topological polar surface area (TPSA) is 158 Å². The van der Waals surface area contributed by atoms with Crippen molar-refractivity contribution in [2.24, 2.45) is 5.73 Å². The van der Waals surface area contributed by atoms with E-state index in [1.165, 1.54) is 25.3 Å². The molecule has 0 spiro atoms. The highest BCUT2D eigenvalue weighted by atomic mass is 32.2. The number of halogens is 4. The molecule has 1 saturated carbocycles. The second kappa shape index (κ2) is 13.3. The lowest BCUT2D eigenvalue weighted by atomic mass is 9.93. The van der Waals surface area contributed by atoms with Gasteiger partial charge in [0.2, 0.25) is 21.9 Å². The van der Waals surface area contributed by atoms with Crippen LogP contribution < -0.4 is 20.5 Å². The molecule has 1 amide bonds. The zero-order chi connectivity index (χ0) is 33.1. The van der Waals surface area contributed by atoms with E-state index in [-0.39, 0.29) is 34.7 Å². The number of amides is 1. The third-order valence-electron chi connectivity index (χ3n) is 7.43. The first-order valence-electron chi connectivity index (χ1n) is 14.3. The third kappa shape index (κ3) is 7.91. The lowest BCUT2D eigenvalue weighted by Crippen LogP contribution is -2.32. The zero-order valence-corrected chi connectivity index (χ0v) is 25.3. The van der Waals surface area contributed by atoms with Crippen LogP contribution in [-0.4, -0.2) is 53.5 Å². The summed E-state index contributed by atoms with van der Waals surface area (Å²) in [5.74, 6) is -1.82. The van der Waals surface area contributed by atoms with Crippen LogP contribution in [0.4, 0.5) is 34.0 Å². The number of alkyl halides is 3. The molecule has 0 saturated heterocycles. The number of carbonyl (C=O) groups excluding carboxylic acids is 1. The third-order valence-corrected chi connectivity index (χ3v) is 8.69. The van der Waals surface area contributed by atoms with Gasteiger partial charge in [0.05, 0.1) is 29.1 Å². The van der Waals surface area contributed by atoms with Crippen molar-refractivity contribution in [3.63, 3.8) is 0 Å². The van der Waals surface area contributed by atoms with Crippen LogP contribution in [0.1, 0.15) is 37.7 Å². The van der Waals surface area contributed by atoms with E-state index in [9.17, 15) is 26.4 Å². The minimum Gasteiger partial charge on any atom is -0.446 e. The smallest absolute Gasteiger partial charge is 0.404 e. The predicted molar refractivity (Wildman–Crippen MR) is 162 cm³/mol. The number of benzene rings is 2. The highest BCUT2D eigenvalue weighted by molar-refractivity contribution is 7.92. The Morgan fingerprint density at radius 3 is 2.43 bits per heavy atom. The first kappa shape index (κ1) is 32.7. The number of ether oxygens (including phenoxy) is 2. The molecule has 0 bridgehead atoms. The lowest BCUT2D eigenvalue weighted by molar-refractivity contribution is -0.129. The normalized spacial score (nSPS) is 17.0. The molecule has 4 N–H and O–H groups in total. The van der Waals surface area contributed by atoms with E-state index in [0.717, 1.165) is 0 Å². The van der Waals surface area contributed by atoms with Gasteiger partial charge in [0, 0.05) is 34.8 Å². The van der Waals surface area contributed by atoms with E-state index >= 15 is 4.39 Å². The summed E-state index contributed by atoms with van der Waals surface area (Å²) in [6.45, 7) is 1.36. The molecule has 11 nitrogen and oxygen atoms in total. The Morgan fingerprint density at radius 2 is 1.74 bits per heavy atom. The minimum absolute atomic E-state index is 0.0358. The molecule has 4 aromatic rings. The molecule has 244 valence electrons. The number of nitrogens with one attached hydrogen (secondary N) is 2. The number of aromatic nitrogens is 3. The summed E-state index contributed by atoms with van der Waals surface area (Å²) in [6, 6.07) is 11.2. The van der Waals surface area contributed by atoms with Crippen molar-refractivity contribution in [2.75, 3.05) is 15.8 Å². The fourth-order valence-corrected chi connectivity index (χ4v) is 6.32. The molecule has 0 aliphatic heterocycles. The van der Waals surface area contributed by atoms with Crippen molar-refractivity contribution in [3.8, 4) is 22.9 Å². The first-order chi connectivity index (χ1) is 21.8. The van der Waals surface area contributed by atoms with Gasteiger partial charge < -0.3 is 20.5 Å². The van der Waals surface area contributed by atoms with Crippen molar-refractivity contribution in [1.82, 2.24) is 15.0 Å². The number of pyridine rings is 1. The predicted octanol–water partition coefficient (Wildman–Crippen LogP) is 6.44. The van der Waals surface area contributed by atoms with Crippen molar-refractivity contribution in [1.29, 1.82) is 0 Å². The Bertz CT molecular complexity index is 1850. The number of hydrogen-bond donors (Lipinski definition) is 3. The molecule has 0 radical (unpaired) electrons. The molecule has 0 unspecified atom stereocenters. The fraction of sp³-hybridized carbons (Fsp3) is 0.333. The quantitative estimate of drug-likeness (QED) is 0.162. The molecule has 0 atom stereocenters. The van der Waals surface area contributed by atoms with Crippen LogP contribution in [0, 0.1) is 12.7 Å². The van der Waals surface area contributed by atoms with Crippen molar-refractivity contribution in [3.05, 3.63) is 66.2 Å². The monoisotopic (exact) mass is 662 g/mol. The number of nitrogens with two attached hydrogens (primary N) is 1. The molecular formula is C30H30F4N6O5S. The molecule has 46 heavy (non-hydrogen) atoms. The van der Waals surface area contributed by atoms with E-state index in [2.05, 4.69) is 20.3 Å². The van der Waals surface area contributed by atoms with Gasteiger partial charge in [-0.1, -0.05) is 24.3 Å². The summed E-state index contributed by atoms with van der Waals surface area (Å²) >= 11 is 0. The maximum atomic E-state index is 15.8. The zero-order valence-electron chi connectivity index (χ0n) is 24.5. The summed E-state index contributed by atoms with van der Waals surface area (Å²) in [4.78, 5) is 24.3. The lowest BCUT2D eigenvalue weighted by Gasteiger charge is -2.28. The van der Waals surface area contributed by atoms with Gasteiger partial charge in [-0.2, -0.15) is 13.2 Å². The molecule has 2 heterocycles. The van der Waals surface area contributed by atoms with Crippen molar-refractivity contribution >= 4 is 38.5 Å². The SMILES string of the molecule is Cc1c(F)c(NS(=O)(=O)CCC(F)(F)F)c2ccccc2c1Oc1ncccc1-c1ccnc(N[C@H]2CC[C@H](OC(N)=O)CC2)n1. The van der Waals surface area contributed by atoms with Crippen molar-refractivity contribution in [2.45, 2.75) is 57.3 Å². The number of primary amides is 1. The van der Waals surface area contributed by atoms with E-state index in [1.54, 1.807) is 36.5 Å². The van der Waals surface area contributed by atoms with Crippen LogP contribution in [0.15, 0.2) is 54.9 Å². The summed E-state index contributed by atoms with van der Waals surface area (Å²) in [6.07, 6.45) is -1.59. The van der Waals surface area contributed by atoms with Gasteiger partial charge in [-0.25, -0.2) is 32.6 Å². The van der Waals surface area contributed by atoms with E-state index in [1.807, 2.05) is 4.72 Å². The Balaban J connectivity index is 1.42. The van der Waals surface area contributed by atoms with Crippen LogP contribution in [-0.2, 0) is 14.8 Å². The number of nitrogens with zero attached hydrogens (tertiary/aromatic N) is 3. The Kier molecular flexibility index (Phi) is 9.46. The first-order valence-corrected chi connectivity index (χ1v) is 15.9. The summed E-state index contributed by atoms with van der Waals surface area (Å²) in [5.41, 5.74) is 5.45. The van der Waals surface area contributed by atoms with Crippen LogP contribution in [0.3, 0.4) is 0 Å². The van der Waals surface area contributed by atoms with Crippen LogP contribution in [0.25, 0.3) is 22.0 Å². The van der Waals surface area contributed by atoms with Crippen LogP contribution in [0.2, 0.25) is 0 Å². The van der Waals surface area contributed by atoms with Gasteiger partial charge in [-0.05, 0) is 50.8 Å². The van der Waals surface area contributed by atoms with Gasteiger partial charge in [0.1, 0.15) is 11.9 Å². The largest absolute Gasteiger partial charge is 0.446 e. The van der Waals surface area contributed by atoms with Crippen molar-refractivity contribution < 1.29 is 40.2 Å². The van der Waals surface area contributed by atoms with Crippen LogP contribution in [0.5, 0.6) is 11.6 Å². The molecule has 1 fully saturated rings. The molecule has 1 aliphatic carbocycles. The standard InChI is InChI=1S/C30H30F4N6O5S/c1-17-24(31)25(40-46(42,43)16-13-30(32,33)34)20-5-2-3-6-21(20)26(17)45-27-22(7-4-14-36-27)23-12-15-37-29(39-23)38-18-8-10-19(11-9-18)44-28(35)41/h2-7,12,14-15,18-19,40H,8-11,13,16H2,1H3,(H2,35,41)(H,37,38,39)/t18-,19-. The van der Waals surface area contributed by atoms with Gasteiger partial charge in [-0.3, -0.25) is 4.72 Å². The summed E-state index contributed by atoms with van der Waals surface area (Å²) < 4.78 is 92.1. The summed E-state index contributed by atoms with van der Waals surface area (Å²) in [7, 11) is -4.54. The average molecular weight is 663 g/mol. The van der Waals surface area contributed by atoms with Gasteiger partial charge in [0.15, 0.2) is 5.82 Å². The van der Waals surface area contributed by atoms with Crippen LogP contribution >= 0.6 is 0 Å². The second-order valence-corrected chi connectivity index (χ2v) is 12.6. The number of rotatable bonds is 10. The highest BCUT2D eigenvalue weighted by Gasteiger charge is 2.31. The molecule has 2 aromatic heterocycles. The maximum absolute atomic E-state index is 15.8. The van der Waals surface area contributed by atoms with E-state index in [4.69, 9.17) is 15.2 Å². The highest BCUT2D eigenvalue weighted by Crippen LogP contribution is 2.42. The second-order valence-electron chi connectivity index (χ2n) is 10.8.